The molecular formula is C11H15BrN2O. The summed E-state index contributed by atoms with van der Waals surface area (Å²) in [6.45, 7) is 6.36. The maximum atomic E-state index is 11.7. The quantitative estimate of drug-likeness (QED) is 0.856. The number of hydrogen-bond donors (Lipinski definition) is 1. The highest BCUT2D eigenvalue weighted by molar-refractivity contribution is 9.09. The highest BCUT2D eigenvalue weighted by Gasteiger charge is 2.09. The summed E-state index contributed by atoms with van der Waals surface area (Å²) in [5, 5.41) is 2.83. The molecule has 0 aromatic carbocycles. The van der Waals surface area contributed by atoms with Crippen molar-refractivity contribution in [3.63, 3.8) is 0 Å². The molecule has 1 rings (SSSR count). The average Bonchev–Trinajstić information content (AvgIpc) is 2.14. The van der Waals surface area contributed by atoms with Crippen molar-refractivity contribution < 1.29 is 4.79 Å². The van der Waals surface area contributed by atoms with Gasteiger partial charge in [0.2, 0.25) is 0 Å². The van der Waals surface area contributed by atoms with Crippen LogP contribution in [0.2, 0.25) is 0 Å². The van der Waals surface area contributed by atoms with Gasteiger partial charge in [-0.3, -0.25) is 9.78 Å². The number of nitrogens with zero attached hydrogens (tertiary/aromatic N) is 1. The predicted octanol–water partition coefficient (Wildman–Crippen LogP) is 2.21. The molecule has 3 nitrogen and oxygen atoms in total. The van der Waals surface area contributed by atoms with E-state index >= 15 is 0 Å². The van der Waals surface area contributed by atoms with Crippen molar-refractivity contribution in [3.8, 4) is 0 Å². The molecule has 1 atom stereocenters. The normalized spacial score (nSPS) is 12.3. The molecule has 0 aliphatic heterocycles. The number of carbonyl (C=O) groups excluding carboxylic acids is 1. The molecule has 1 heterocycles. The van der Waals surface area contributed by atoms with Gasteiger partial charge in [0, 0.05) is 17.1 Å². The minimum absolute atomic E-state index is 0.0636. The first-order chi connectivity index (χ1) is 7.00. The molecule has 1 aromatic rings. The first-order valence-electron chi connectivity index (χ1n) is 4.87. The van der Waals surface area contributed by atoms with Gasteiger partial charge in [-0.2, -0.15) is 0 Å². The number of aryl methyl sites for hydroxylation is 2. The average molecular weight is 271 g/mol. The van der Waals surface area contributed by atoms with E-state index in [0.29, 0.717) is 12.1 Å². The van der Waals surface area contributed by atoms with Crippen molar-refractivity contribution in [3.05, 3.63) is 29.1 Å². The van der Waals surface area contributed by atoms with Crippen LogP contribution in [0.1, 0.15) is 28.7 Å². The summed E-state index contributed by atoms with van der Waals surface area (Å²) in [6, 6.07) is 3.66. The lowest BCUT2D eigenvalue weighted by atomic mass is 10.1. The van der Waals surface area contributed by atoms with Gasteiger partial charge in [-0.15, -0.1) is 0 Å². The fraction of sp³-hybridized carbons (Fsp3) is 0.455. The van der Waals surface area contributed by atoms with Crippen LogP contribution in [0.15, 0.2) is 12.1 Å². The summed E-state index contributed by atoms with van der Waals surface area (Å²) in [7, 11) is 0. The van der Waals surface area contributed by atoms with E-state index in [9.17, 15) is 4.79 Å². The van der Waals surface area contributed by atoms with Crippen LogP contribution in [-0.4, -0.2) is 22.3 Å². The van der Waals surface area contributed by atoms with Crippen LogP contribution in [0, 0.1) is 13.8 Å². The standard InChI is InChI=1S/C11H15BrN2O/c1-7(12)6-13-11(15)10-5-4-8(2)14-9(10)3/h4-5,7H,6H2,1-3H3,(H,13,15). The molecule has 82 valence electrons. The van der Waals surface area contributed by atoms with E-state index in [1.807, 2.05) is 32.9 Å². The van der Waals surface area contributed by atoms with Crippen LogP contribution in [0.25, 0.3) is 0 Å². The Labute approximate surface area is 98.4 Å². The lowest BCUT2D eigenvalue weighted by molar-refractivity contribution is 0.0953. The van der Waals surface area contributed by atoms with Gasteiger partial charge in [0.1, 0.15) is 0 Å². The zero-order chi connectivity index (χ0) is 11.4. The molecule has 1 N–H and O–H groups in total. The number of alkyl halides is 1. The summed E-state index contributed by atoms with van der Waals surface area (Å²) >= 11 is 3.38. The number of hydrogen-bond acceptors (Lipinski definition) is 2. The minimum Gasteiger partial charge on any atom is -0.351 e. The summed E-state index contributed by atoms with van der Waals surface area (Å²) in [4.78, 5) is 16.2. The van der Waals surface area contributed by atoms with Gasteiger partial charge in [-0.25, -0.2) is 0 Å². The van der Waals surface area contributed by atoms with Crippen LogP contribution < -0.4 is 5.32 Å². The Hall–Kier alpha value is -0.900. The van der Waals surface area contributed by atoms with Gasteiger partial charge in [-0.1, -0.05) is 22.9 Å². The van der Waals surface area contributed by atoms with Gasteiger partial charge in [0.15, 0.2) is 0 Å². The second-order valence-corrected chi connectivity index (χ2v) is 5.14. The summed E-state index contributed by atoms with van der Waals surface area (Å²) in [5.41, 5.74) is 2.35. The van der Waals surface area contributed by atoms with Crippen LogP contribution in [0.5, 0.6) is 0 Å². The van der Waals surface area contributed by atoms with Crippen LogP contribution in [0.3, 0.4) is 0 Å². The fourth-order valence-electron chi connectivity index (χ4n) is 1.26. The summed E-state index contributed by atoms with van der Waals surface area (Å²) in [6.07, 6.45) is 0. The third kappa shape index (κ3) is 3.63. The van der Waals surface area contributed by atoms with Crippen LogP contribution >= 0.6 is 15.9 Å². The number of pyridine rings is 1. The number of halogens is 1. The van der Waals surface area contributed by atoms with Crippen LogP contribution in [-0.2, 0) is 0 Å². The maximum Gasteiger partial charge on any atom is 0.253 e. The van der Waals surface area contributed by atoms with E-state index in [-0.39, 0.29) is 10.7 Å². The lowest BCUT2D eigenvalue weighted by Crippen LogP contribution is -2.29. The predicted molar refractivity (Wildman–Crippen MR) is 64.4 cm³/mol. The topological polar surface area (TPSA) is 42.0 Å². The van der Waals surface area contributed by atoms with Crippen molar-refractivity contribution in [2.75, 3.05) is 6.54 Å². The molecule has 1 unspecified atom stereocenters. The second-order valence-electron chi connectivity index (χ2n) is 3.58. The molecule has 4 heteroatoms. The van der Waals surface area contributed by atoms with Crippen molar-refractivity contribution in [1.82, 2.24) is 10.3 Å². The third-order valence-corrected chi connectivity index (χ3v) is 2.34. The third-order valence-electron chi connectivity index (χ3n) is 2.01. The first kappa shape index (κ1) is 12.2. The second kappa shape index (κ2) is 5.26. The number of carbonyl (C=O) groups is 1. The maximum absolute atomic E-state index is 11.7. The molecule has 1 amide bonds. The van der Waals surface area contributed by atoms with Crippen molar-refractivity contribution in [1.29, 1.82) is 0 Å². The largest absolute Gasteiger partial charge is 0.351 e. The zero-order valence-corrected chi connectivity index (χ0v) is 10.8. The Morgan fingerprint density at radius 3 is 2.73 bits per heavy atom. The van der Waals surface area contributed by atoms with Crippen molar-refractivity contribution in [2.24, 2.45) is 0 Å². The monoisotopic (exact) mass is 270 g/mol. The van der Waals surface area contributed by atoms with E-state index in [4.69, 9.17) is 0 Å². The molecule has 0 spiro atoms. The Balaban J connectivity index is 2.74. The van der Waals surface area contributed by atoms with E-state index in [0.717, 1.165) is 11.4 Å². The van der Waals surface area contributed by atoms with E-state index in [1.165, 1.54) is 0 Å². The molecule has 0 aliphatic rings. The van der Waals surface area contributed by atoms with Gasteiger partial charge in [-0.05, 0) is 26.0 Å². The van der Waals surface area contributed by atoms with Gasteiger partial charge >= 0.3 is 0 Å². The molecular weight excluding hydrogens is 256 g/mol. The molecule has 1 aromatic heterocycles. The van der Waals surface area contributed by atoms with E-state index in [1.54, 1.807) is 0 Å². The number of aromatic nitrogens is 1. The summed E-state index contributed by atoms with van der Waals surface area (Å²) < 4.78 is 0. The lowest BCUT2D eigenvalue weighted by Gasteiger charge is -2.08. The fourth-order valence-corrected chi connectivity index (χ4v) is 1.42. The van der Waals surface area contributed by atoms with E-state index in [2.05, 4.69) is 26.2 Å². The zero-order valence-electron chi connectivity index (χ0n) is 9.17. The highest BCUT2D eigenvalue weighted by Crippen LogP contribution is 2.06. The van der Waals surface area contributed by atoms with Gasteiger partial charge < -0.3 is 5.32 Å². The molecule has 15 heavy (non-hydrogen) atoms. The molecule has 0 saturated carbocycles. The van der Waals surface area contributed by atoms with Crippen molar-refractivity contribution in [2.45, 2.75) is 25.6 Å². The molecule has 0 radical (unpaired) electrons. The Morgan fingerprint density at radius 1 is 1.53 bits per heavy atom. The Morgan fingerprint density at radius 2 is 2.20 bits per heavy atom. The first-order valence-corrected chi connectivity index (χ1v) is 5.79. The Kier molecular flexibility index (Phi) is 4.27. The number of nitrogens with one attached hydrogen (secondary N) is 1. The van der Waals surface area contributed by atoms with Crippen LogP contribution in [0.4, 0.5) is 0 Å². The molecule has 0 saturated heterocycles. The van der Waals surface area contributed by atoms with Gasteiger partial charge in [0.05, 0.1) is 11.3 Å². The molecule has 0 aliphatic carbocycles. The van der Waals surface area contributed by atoms with E-state index < -0.39 is 0 Å². The highest BCUT2D eigenvalue weighted by atomic mass is 79.9. The molecule has 0 bridgehead atoms. The number of rotatable bonds is 3. The van der Waals surface area contributed by atoms with Gasteiger partial charge in [0.25, 0.3) is 5.91 Å². The molecule has 0 fully saturated rings. The minimum atomic E-state index is -0.0636. The number of amides is 1. The Bertz CT molecular complexity index is 364. The summed E-state index contributed by atoms with van der Waals surface area (Å²) in [5.74, 6) is -0.0636. The SMILES string of the molecule is Cc1ccc(C(=O)NCC(C)Br)c(C)n1. The van der Waals surface area contributed by atoms with Crippen molar-refractivity contribution >= 4 is 21.8 Å². The smallest absolute Gasteiger partial charge is 0.253 e.